The Morgan fingerprint density at radius 3 is 2.67 bits per heavy atom. The van der Waals surface area contributed by atoms with Crippen molar-refractivity contribution in [2.45, 2.75) is 40.0 Å². The summed E-state index contributed by atoms with van der Waals surface area (Å²) in [5.74, 6) is 0.898. The molecule has 1 rings (SSSR count). The van der Waals surface area contributed by atoms with Crippen LogP contribution in [0.4, 0.5) is 0 Å². The molecule has 0 aliphatic heterocycles. The predicted molar refractivity (Wildman–Crippen MR) is 80.8 cm³/mol. The van der Waals surface area contributed by atoms with Crippen LogP contribution in [0.15, 0.2) is 52.7 Å². The molecule has 18 heavy (non-hydrogen) atoms. The Hall–Kier alpha value is -1.57. The minimum atomic E-state index is 0.768. The van der Waals surface area contributed by atoms with Crippen LogP contribution in [0, 0.1) is 0 Å². The second kappa shape index (κ2) is 7.70. The first-order valence-electron chi connectivity index (χ1n) is 6.69. The van der Waals surface area contributed by atoms with E-state index in [0.717, 1.165) is 37.3 Å². The highest BCUT2D eigenvalue weighted by Crippen LogP contribution is 2.21. The van der Waals surface area contributed by atoms with Crippen molar-refractivity contribution in [3.8, 4) is 0 Å². The lowest BCUT2D eigenvalue weighted by atomic mass is 10.1. The number of hydrogen-bond donors (Lipinski definition) is 1. The summed E-state index contributed by atoms with van der Waals surface area (Å²) in [6.45, 7) is 11.0. The van der Waals surface area contributed by atoms with Crippen molar-refractivity contribution in [1.82, 2.24) is 5.32 Å². The highest BCUT2D eigenvalue weighted by atomic mass is 15.0. The normalized spacial score (nSPS) is 15.8. The van der Waals surface area contributed by atoms with Gasteiger partial charge in [-0.05, 0) is 37.8 Å². The van der Waals surface area contributed by atoms with E-state index in [-0.39, 0.29) is 0 Å². The highest BCUT2D eigenvalue weighted by Gasteiger charge is 2.06. The average molecular weight is 244 g/mol. The summed E-state index contributed by atoms with van der Waals surface area (Å²) in [7, 11) is 0. The van der Waals surface area contributed by atoms with Gasteiger partial charge in [-0.3, -0.25) is 4.99 Å². The maximum Gasteiger partial charge on any atom is 0.124 e. The predicted octanol–water partition coefficient (Wildman–Crippen LogP) is 4.14. The molecule has 0 radical (unpaired) electrons. The fourth-order valence-electron chi connectivity index (χ4n) is 1.74. The SMILES string of the molecule is C=C(CC)NC(/C=C\C)=NCC1=CC=C(CC)C1. The number of allylic oxidation sites excluding steroid dienone is 5. The molecule has 0 amide bonds. The van der Waals surface area contributed by atoms with Crippen molar-refractivity contribution in [2.24, 2.45) is 4.99 Å². The molecule has 0 saturated carbocycles. The average Bonchev–Trinajstić information content (AvgIpc) is 2.84. The zero-order valence-electron chi connectivity index (χ0n) is 11.8. The van der Waals surface area contributed by atoms with Crippen LogP contribution in [0.3, 0.4) is 0 Å². The molecule has 98 valence electrons. The quantitative estimate of drug-likeness (QED) is 0.551. The molecule has 1 N–H and O–H groups in total. The van der Waals surface area contributed by atoms with Crippen LogP contribution in [-0.4, -0.2) is 12.4 Å². The van der Waals surface area contributed by atoms with Gasteiger partial charge in [0.05, 0.1) is 6.54 Å². The molecule has 0 aromatic rings. The van der Waals surface area contributed by atoms with E-state index >= 15 is 0 Å². The van der Waals surface area contributed by atoms with Gasteiger partial charge in [-0.25, -0.2) is 0 Å². The van der Waals surface area contributed by atoms with Gasteiger partial charge in [-0.15, -0.1) is 0 Å². The minimum Gasteiger partial charge on any atom is -0.345 e. The van der Waals surface area contributed by atoms with Gasteiger partial charge in [0.15, 0.2) is 0 Å². The van der Waals surface area contributed by atoms with Gasteiger partial charge in [-0.1, -0.05) is 44.2 Å². The van der Waals surface area contributed by atoms with Crippen LogP contribution in [-0.2, 0) is 0 Å². The van der Waals surface area contributed by atoms with E-state index in [4.69, 9.17) is 0 Å². The van der Waals surface area contributed by atoms with Crippen molar-refractivity contribution in [1.29, 1.82) is 0 Å². The second-order valence-corrected chi connectivity index (χ2v) is 4.46. The molecule has 1 aliphatic carbocycles. The van der Waals surface area contributed by atoms with Crippen molar-refractivity contribution in [3.63, 3.8) is 0 Å². The number of hydrogen-bond acceptors (Lipinski definition) is 1. The van der Waals surface area contributed by atoms with Crippen LogP contribution >= 0.6 is 0 Å². The first kappa shape index (κ1) is 14.5. The standard InChI is InChI=1S/C16H24N2/c1-5-8-16(18-13(4)6-2)17-12-15-10-9-14(7-3)11-15/h5,8-10H,4,6-7,11-12H2,1-3H3,(H,17,18)/b8-5-. The van der Waals surface area contributed by atoms with Gasteiger partial charge < -0.3 is 5.32 Å². The van der Waals surface area contributed by atoms with E-state index in [1.165, 1.54) is 11.1 Å². The van der Waals surface area contributed by atoms with Gasteiger partial charge >= 0.3 is 0 Å². The van der Waals surface area contributed by atoms with E-state index in [9.17, 15) is 0 Å². The van der Waals surface area contributed by atoms with Crippen LogP contribution in [0.5, 0.6) is 0 Å². The zero-order chi connectivity index (χ0) is 13.4. The molecule has 0 aromatic carbocycles. The summed E-state index contributed by atoms with van der Waals surface area (Å²) in [5, 5.41) is 3.24. The van der Waals surface area contributed by atoms with Gasteiger partial charge in [0.1, 0.15) is 5.84 Å². The topological polar surface area (TPSA) is 24.4 Å². The number of rotatable bonds is 6. The van der Waals surface area contributed by atoms with E-state index < -0.39 is 0 Å². The zero-order valence-corrected chi connectivity index (χ0v) is 11.8. The van der Waals surface area contributed by atoms with Gasteiger partial charge in [0.25, 0.3) is 0 Å². The highest BCUT2D eigenvalue weighted by molar-refractivity contribution is 5.94. The fourth-order valence-corrected chi connectivity index (χ4v) is 1.74. The smallest absolute Gasteiger partial charge is 0.124 e. The van der Waals surface area contributed by atoms with Crippen molar-refractivity contribution in [3.05, 3.63) is 47.7 Å². The molecule has 0 fully saturated rings. The van der Waals surface area contributed by atoms with Crippen molar-refractivity contribution >= 4 is 5.84 Å². The maximum atomic E-state index is 4.61. The monoisotopic (exact) mass is 244 g/mol. The molecular weight excluding hydrogens is 220 g/mol. The fraction of sp³-hybridized carbons (Fsp3) is 0.438. The lowest BCUT2D eigenvalue weighted by molar-refractivity contribution is 0.955. The second-order valence-electron chi connectivity index (χ2n) is 4.46. The number of nitrogens with one attached hydrogen (secondary N) is 1. The lowest BCUT2D eigenvalue weighted by Gasteiger charge is -2.08. The summed E-state index contributed by atoms with van der Waals surface area (Å²) in [6.07, 6.45) is 11.5. The van der Waals surface area contributed by atoms with E-state index in [0.29, 0.717) is 0 Å². The first-order chi connectivity index (χ1) is 8.69. The molecular formula is C16H24N2. The largest absolute Gasteiger partial charge is 0.345 e. The Morgan fingerprint density at radius 2 is 2.11 bits per heavy atom. The summed E-state index contributed by atoms with van der Waals surface area (Å²) >= 11 is 0. The summed E-state index contributed by atoms with van der Waals surface area (Å²) in [4.78, 5) is 4.61. The Morgan fingerprint density at radius 1 is 1.39 bits per heavy atom. The van der Waals surface area contributed by atoms with Crippen molar-refractivity contribution < 1.29 is 0 Å². The molecule has 1 aliphatic rings. The van der Waals surface area contributed by atoms with Gasteiger partial charge in [0, 0.05) is 5.70 Å². The first-order valence-corrected chi connectivity index (χ1v) is 6.69. The molecule has 2 heteroatoms. The third-order valence-electron chi connectivity index (χ3n) is 2.97. The number of amidine groups is 1. The van der Waals surface area contributed by atoms with Crippen LogP contribution in [0.2, 0.25) is 0 Å². The molecule has 0 unspecified atom stereocenters. The number of nitrogens with zero attached hydrogens (tertiary/aromatic N) is 1. The summed E-state index contributed by atoms with van der Waals surface area (Å²) < 4.78 is 0. The van der Waals surface area contributed by atoms with Crippen LogP contribution in [0.1, 0.15) is 40.0 Å². The third-order valence-corrected chi connectivity index (χ3v) is 2.97. The van der Waals surface area contributed by atoms with Crippen LogP contribution in [0.25, 0.3) is 0 Å². The molecule has 0 bridgehead atoms. The Labute approximate surface area is 111 Å². The molecule has 0 saturated heterocycles. The summed E-state index contributed by atoms with van der Waals surface area (Å²) in [6, 6.07) is 0. The Balaban J connectivity index is 2.54. The Kier molecular flexibility index (Phi) is 6.20. The summed E-state index contributed by atoms with van der Waals surface area (Å²) in [5.41, 5.74) is 3.89. The van der Waals surface area contributed by atoms with Gasteiger partial charge in [0.2, 0.25) is 0 Å². The van der Waals surface area contributed by atoms with E-state index in [1.807, 2.05) is 19.1 Å². The van der Waals surface area contributed by atoms with Crippen molar-refractivity contribution in [2.75, 3.05) is 6.54 Å². The molecule has 0 spiro atoms. The number of aliphatic imine (C=N–C) groups is 1. The van der Waals surface area contributed by atoms with E-state index in [2.05, 4.69) is 42.9 Å². The molecule has 2 nitrogen and oxygen atoms in total. The molecule has 0 atom stereocenters. The molecule has 0 aromatic heterocycles. The van der Waals surface area contributed by atoms with Gasteiger partial charge in [-0.2, -0.15) is 0 Å². The van der Waals surface area contributed by atoms with E-state index in [1.54, 1.807) is 0 Å². The Bertz CT molecular complexity index is 409. The minimum absolute atomic E-state index is 0.768. The maximum absolute atomic E-state index is 4.61. The lowest BCUT2D eigenvalue weighted by Crippen LogP contribution is -2.20. The van der Waals surface area contributed by atoms with Crippen LogP contribution < -0.4 is 5.32 Å². The third kappa shape index (κ3) is 4.74. The molecule has 0 heterocycles.